The van der Waals surface area contributed by atoms with E-state index in [1.54, 1.807) is 29.2 Å². The number of aliphatic hydroxyl groups is 1. The Bertz CT molecular complexity index is 1160. The van der Waals surface area contributed by atoms with Crippen molar-refractivity contribution in [3.05, 3.63) is 97.9 Å². The van der Waals surface area contributed by atoms with Crippen molar-refractivity contribution in [3.63, 3.8) is 0 Å². The molecule has 0 bridgehead atoms. The second-order valence-electron chi connectivity index (χ2n) is 8.09. The molecule has 1 atom stereocenters. The number of nitrogens with zero attached hydrogens (tertiary/aromatic N) is 1. The van der Waals surface area contributed by atoms with E-state index in [1.807, 2.05) is 42.5 Å². The van der Waals surface area contributed by atoms with Gasteiger partial charge in [-0.25, -0.2) is 0 Å². The Morgan fingerprint density at radius 1 is 0.938 bits per heavy atom. The largest absolute Gasteiger partial charge is 0.375 e. The summed E-state index contributed by atoms with van der Waals surface area (Å²) >= 11 is 6.85. The molecule has 0 saturated heterocycles. The van der Waals surface area contributed by atoms with Gasteiger partial charge >= 0.3 is 0 Å². The third-order valence-electron chi connectivity index (χ3n) is 5.78. The number of hydrogen-bond donors (Lipinski definition) is 1. The zero-order valence-corrected chi connectivity index (χ0v) is 20.8. The number of halogens is 2. The van der Waals surface area contributed by atoms with Crippen molar-refractivity contribution < 1.29 is 14.7 Å². The van der Waals surface area contributed by atoms with E-state index < -0.39 is 11.5 Å². The summed E-state index contributed by atoms with van der Waals surface area (Å²) in [6, 6.07) is 20.5. The van der Waals surface area contributed by atoms with Crippen LogP contribution >= 0.6 is 31.9 Å². The van der Waals surface area contributed by atoms with Gasteiger partial charge in [-0.15, -0.1) is 0 Å². The lowest BCUT2D eigenvalue weighted by molar-refractivity contribution is -0.136. The van der Waals surface area contributed by atoms with E-state index in [0.717, 1.165) is 32.9 Å². The van der Waals surface area contributed by atoms with Crippen molar-refractivity contribution in [2.24, 2.45) is 0 Å². The van der Waals surface area contributed by atoms with Gasteiger partial charge in [-0.3, -0.25) is 9.59 Å². The van der Waals surface area contributed by atoms with Gasteiger partial charge < -0.3 is 10.0 Å². The van der Waals surface area contributed by atoms with E-state index in [-0.39, 0.29) is 12.2 Å². The SMILES string of the molecule is CCCc1ccc(C(=O)CC2(O)C(=O)N(Cc3ccc(Br)cc3)c3ccc(Br)cc32)cc1. The van der Waals surface area contributed by atoms with E-state index >= 15 is 0 Å². The molecule has 1 amide bonds. The molecule has 1 aliphatic heterocycles. The van der Waals surface area contributed by atoms with Crippen molar-refractivity contribution in [1.82, 2.24) is 0 Å². The molecule has 0 radical (unpaired) electrons. The zero-order valence-electron chi connectivity index (χ0n) is 17.6. The monoisotopic (exact) mass is 555 g/mol. The maximum absolute atomic E-state index is 13.5. The highest BCUT2D eigenvalue weighted by Crippen LogP contribution is 2.44. The first-order chi connectivity index (χ1) is 15.3. The van der Waals surface area contributed by atoms with Gasteiger partial charge in [0.2, 0.25) is 0 Å². The first kappa shape index (κ1) is 22.9. The Kier molecular flexibility index (Phi) is 6.65. The molecule has 1 unspecified atom stereocenters. The Hall–Kier alpha value is -2.28. The molecule has 0 aromatic heterocycles. The average Bonchev–Trinajstić information content (AvgIpc) is 2.97. The zero-order chi connectivity index (χ0) is 22.9. The van der Waals surface area contributed by atoms with Gasteiger partial charge in [0.25, 0.3) is 5.91 Å². The van der Waals surface area contributed by atoms with Crippen LogP contribution in [0.1, 0.15) is 46.8 Å². The van der Waals surface area contributed by atoms with Crippen LogP contribution in [0, 0.1) is 0 Å². The normalized spacial score (nSPS) is 17.5. The Balaban J connectivity index is 1.65. The van der Waals surface area contributed by atoms with Gasteiger partial charge in [-0.2, -0.15) is 0 Å². The maximum atomic E-state index is 13.5. The van der Waals surface area contributed by atoms with Gasteiger partial charge in [0.1, 0.15) is 0 Å². The van der Waals surface area contributed by atoms with Crippen LogP contribution in [0.4, 0.5) is 5.69 Å². The second kappa shape index (κ2) is 9.30. The van der Waals surface area contributed by atoms with Crippen LogP contribution in [-0.4, -0.2) is 16.8 Å². The lowest BCUT2D eigenvalue weighted by Crippen LogP contribution is -2.41. The number of anilines is 1. The van der Waals surface area contributed by atoms with E-state index in [4.69, 9.17) is 0 Å². The lowest BCUT2D eigenvalue weighted by Gasteiger charge is -2.23. The fourth-order valence-corrected chi connectivity index (χ4v) is 4.73. The highest BCUT2D eigenvalue weighted by Gasteiger charge is 2.51. The quantitative estimate of drug-likeness (QED) is 0.354. The summed E-state index contributed by atoms with van der Waals surface area (Å²) in [5.74, 6) is -0.746. The number of hydrogen-bond acceptors (Lipinski definition) is 3. The first-order valence-corrected chi connectivity index (χ1v) is 12.1. The van der Waals surface area contributed by atoms with Gasteiger partial charge in [0, 0.05) is 20.1 Å². The van der Waals surface area contributed by atoms with Crippen molar-refractivity contribution in [3.8, 4) is 0 Å². The van der Waals surface area contributed by atoms with Crippen molar-refractivity contribution in [1.29, 1.82) is 0 Å². The third-order valence-corrected chi connectivity index (χ3v) is 6.80. The van der Waals surface area contributed by atoms with E-state index in [0.29, 0.717) is 23.4 Å². The molecule has 0 saturated carbocycles. The van der Waals surface area contributed by atoms with E-state index in [9.17, 15) is 14.7 Å². The first-order valence-electron chi connectivity index (χ1n) is 10.5. The molecule has 164 valence electrons. The van der Waals surface area contributed by atoms with Gasteiger partial charge in [-0.05, 0) is 47.9 Å². The van der Waals surface area contributed by atoms with Crippen LogP contribution in [0.2, 0.25) is 0 Å². The Labute approximate surface area is 204 Å². The second-order valence-corrected chi connectivity index (χ2v) is 9.92. The molecule has 1 heterocycles. The highest BCUT2D eigenvalue weighted by atomic mass is 79.9. The van der Waals surface area contributed by atoms with Crippen LogP contribution in [-0.2, 0) is 23.4 Å². The number of benzene rings is 3. The van der Waals surface area contributed by atoms with Crippen LogP contribution < -0.4 is 4.90 Å². The smallest absolute Gasteiger partial charge is 0.264 e. The lowest BCUT2D eigenvalue weighted by atomic mass is 9.88. The summed E-state index contributed by atoms with van der Waals surface area (Å²) in [7, 11) is 0. The third kappa shape index (κ3) is 4.45. The summed E-state index contributed by atoms with van der Waals surface area (Å²) in [5.41, 5.74) is 1.74. The van der Waals surface area contributed by atoms with Crippen LogP contribution in [0.3, 0.4) is 0 Å². The number of rotatable bonds is 7. The number of carbonyl (C=O) groups excluding carboxylic acids is 2. The van der Waals surface area contributed by atoms with Gasteiger partial charge in [0.15, 0.2) is 11.4 Å². The molecule has 0 fully saturated rings. The highest BCUT2D eigenvalue weighted by molar-refractivity contribution is 9.10. The van der Waals surface area contributed by atoms with E-state index in [2.05, 4.69) is 38.8 Å². The minimum atomic E-state index is -1.91. The summed E-state index contributed by atoms with van der Waals surface area (Å²) < 4.78 is 1.69. The molecule has 6 heteroatoms. The van der Waals surface area contributed by atoms with Crippen LogP contribution in [0.5, 0.6) is 0 Å². The van der Waals surface area contributed by atoms with Crippen molar-refractivity contribution in [2.45, 2.75) is 38.3 Å². The number of carbonyl (C=O) groups is 2. The number of fused-ring (bicyclic) bond motifs is 1. The topological polar surface area (TPSA) is 57.6 Å². The van der Waals surface area contributed by atoms with Gasteiger partial charge in [-0.1, -0.05) is 81.6 Å². The molecule has 32 heavy (non-hydrogen) atoms. The minimum Gasteiger partial charge on any atom is -0.375 e. The molecule has 1 N–H and O–H groups in total. The number of amides is 1. The number of Topliss-reactive ketones (excluding diaryl/α,β-unsaturated/α-hetero) is 1. The van der Waals surface area contributed by atoms with Gasteiger partial charge in [0.05, 0.1) is 18.7 Å². The Morgan fingerprint density at radius 2 is 1.56 bits per heavy atom. The summed E-state index contributed by atoms with van der Waals surface area (Å²) in [6.45, 7) is 2.42. The molecule has 0 aliphatic carbocycles. The predicted molar refractivity (Wildman–Crippen MR) is 133 cm³/mol. The minimum absolute atomic E-state index is 0.264. The summed E-state index contributed by atoms with van der Waals surface area (Å²) in [4.78, 5) is 28.1. The number of aryl methyl sites for hydroxylation is 1. The predicted octanol–water partition coefficient (Wildman–Crippen LogP) is 6.17. The maximum Gasteiger partial charge on any atom is 0.264 e. The summed E-state index contributed by atoms with van der Waals surface area (Å²) in [5, 5.41) is 11.6. The molecule has 3 aromatic carbocycles. The van der Waals surface area contributed by atoms with E-state index in [1.165, 1.54) is 0 Å². The molecule has 0 spiro atoms. The number of ketones is 1. The standard InChI is InChI=1S/C26H23Br2NO3/c1-2-3-17-4-8-19(9-5-17)24(30)15-26(32)22-14-21(28)12-13-23(22)29(25(26)31)16-18-6-10-20(27)11-7-18/h4-14,32H,2-3,15-16H2,1H3. The molecule has 1 aliphatic rings. The van der Waals surface area contributed by atoms with Crippen LogP contribution in [0.25, 0.3) is 0 Å². The fourth-order valence-electron chi connectivity index (χ4n) is 4.10. The van der Waals surface area contributed by atoms with Crippen molar-refractivity contribution >= 4 is 49.2 Å². The molecular weight excluding hydrogens is 534 g/mol. The molecule has 3 aromatic rings. The van der Waals surface area contributed by atoms with Crippen LogP contribution in [0.15, 0.2) is 75.7 Å². The van der Waals surface area contributed by atoms with Crippen molar-refractivity contribution in [2.75, 3.05) is 4.90 Å². The summed E-state index contributed by atoms with van der Waals surface area (Å²) in [6.07, 6.45) is 1.67. The fraction of sp³-hybridized carbons (Fsp3) is 0.231. The molecule has 4 rings (SSSR count). The molecular formula is C26H23Br2NO3. The Morgan fingerprint density at radius 3 is 2.22 bits per heavy atom. The average molecular weight is 557 g/mol. The molecule has 4 nitrogen and oxygen atoms in total.